The van der Waals surface area contributed by atoms with Crippen molar-refractivity contribution in [3.63, 3.8) is 0 Å². The highest BCUT2D eigenvalue weighted by molar-refractivity contribution is 5.46. The second-order valence-corrected chi connectivity index (χ2v) is 8.84. The fourth-order valence-electron chi connectivity index (χ4n) is 5.84. The summed E-state index contributed by atoms with van der Waals surface area (Å²) in [4.78, 5) is 0. The van der Waals surface area contributed by atoms with Gasteiger partial charge in [-0.3, -0.25) is 0 Å². The van der Waals surface area contributed by atoms with Crippen molar-refractivity contribution in [3.05, 3.63) is 29.3 Å². The number of fused-ring (bicyclic) bond motifs is 3. The van der Waals surface area contributed by atoms with Crippen molar-refractivity contribution in [1.29, 1.82) is 0 Å². The van der Waals surface area contributed by atoms with Crippen molar-refractivity contribution in [3.8, 4) is 5.75 Å². The first kappa shape index (κ1) is 17.4. The number of rotatable bonds is 5. The lowest BCUT2D eigenvalue weighted by Gasteiger charge is -2.55. The zero-order valence-electron chi connectivity index (χ0n) is 15.6. The summed E-state index contributed by atoms with van der Waals surface area (Å²) in [6.07, 6.45) is 12.2. The molecule has 3 heteroatoms. The Bertz CT molecular complexity index is 626. The zero-order valence-corrected chi connectivity index (χ0v) is 15.6. The van der Waals surface area contributed by atoms with Gasteiger partial charge in [0.25, 0.3) is 0 Å². The van der Waals surface area contributed by atoms with E-state index < -0.39 is 5.60 Å². The van der Waals surface area contributed by atoms with Crippen LogP contribution in [0.1, 0.15) is 75.3 Å². The molecular formula is C22H33NO2. The second kappa shape index (κ2) is 6.59. The van der Waals surface area contributed by atoms with E-state index in [-0.39, 0.29) is 11.5 Å². The van der Waals surface area contributed by atoms with Gasteiger partial charge in [-0.1, -0.05) is 38.2 Å². The van der Waals surface area contributed by atoms with Gasteiger partial charge in [0, 0.05) is 11.5 Å². The molecule has 0 aliphatic heterocycles. The quantitative estimate of drug-likeness (QED) is 0.846. The van der Waals surface area contributed by atoms with E-state index in [0.29, 0.717) is 0 Å². The van der Waals surface area contributed by atoms with Gasteiger partial charge in [-0.2, -0.15) is 0 Å². The molecule has 3 aliphatic rings. The summed E-state index contributed by atoms with van der Waals surface area (Å²) in [5.41, 5.74) is 8.60. The van der Waals surface area contributed by atoms with Gasteiger partial charge < -0.3 is 15.6 Å². The lowest BCUT2D eigenvalue weighted by Crippen LogP contribution is -2.58. The molecule has 138 valence electrons. The molecule has 25 heavy (non-hydrogen) atoms. The molecule has 0 aromatic heterocycles. The van der Waals surface area contributed by atoms with Gasteiger partial charge in [-0.15, -0.1) is 0 Å². The number of aryl methyl sites for hydroxylation is 1. The topological polar surface area (TPSA) is 55.5 Å². The van der Waals surface area contributed by atoms with Crippen LogP contribution in [-0.4, -0.2) is 23.9 Å². The molecule has 3 atom stereocenters. The van der Waals surface area contributed by atoms with Crippen LogP contribution in [0.5, 0.6) is 5.75 Å². The van der Waals surface area contributed by atoms with E-state index >= 15 is 0 Å². The molecule has 4 rings (SSSR count). The fourth-order valence-corrected chi connectivity index (χ4v) is 5.84. The molecule has 3 unspecified atom stereocenters. The van der Waals surface area contributed by atoms with Crippen molar-refractivity contribution in [2.75, 3.05) is 7.11 Å². The van der Waals surface area contributed by atoms with E-state index in [4.69, 9.17) is 10.5 Å². The molecule has 1 aromatic carbocycles. The van der Waals surface area contributed by atoms with Gasteiger partial charge in [0.2, 0.25) is 0 Å². The molecule has 1 aromatic rings. The number of hydrogen-bond acceptors (Lipinski definition) is 3. The van der Waals surface area contributed by atoms with E-state index in [1.54, 1.807) is 7.11 Å². The highest BCUT2D eigenvalue weighted by atomic mass is 16.5. The van der Waals surface area contributed by atoms with Crippen molar-refractivity contribution in [2.45, 2.75) is 87.7 Å². The zero-order chi connectivity index (χ0) is 17.5. The van der Waals surface area contributed by atoms with Gasteiger partial charge in [0.1, 0.15) is 5.75 Å². The predicted octanol–water partition coefficient (Wildman–Crippen LogP) is 4.09. The molecule has 0 amide bonds. The third kappa shape index (κ3) is 2.90. The second-order valence-electron chi connectivity index (χ2n) is 8.84. The molecule has 3 aliphatic carbocycles. The first-order valence-electron chi connectivity index (χ1n) is 10.2. The minimum Gasteiger partial charge on any atom is -0.497 e. The molecule has 0 spiro atoms. The summed E-state index contributed by atoms with van der Waals surface area (Å²) in [6.45, 7) is 0. The van der Waals surface area contributed by atoms with Crippen LogP contribution in [0, 0.1) is 5.92 Å². The molecular weight excluding hydrogens is 310 g/mol. The van der Waals surface area contributed by atoms with Crippen molar-refractivity contribution in [2.24, 2.45) is 11.7 Å². The SMILES string of the molecule is COc1ccc2c(c1)C1(CC(N)CC3CCC3)CCCCC1(O)CC2. The third-order valence-electron chi connectivity index (χ3n) is 7.45. The van der Waals surface area contributed by atoms with Crippen LogP contribution >= 0.6 is 0 Å². The van der Waals surface area contributed by atoms with Crippen LogP contribution in [0.4, 0.5) is 0 Å². The molecule has 0 bridgehead atoms. The molecule has 2 fully saturated rings. The monoisotopic (exact) mass is 343 g/mol. The number of aliphatic hydroxyl groups is 1. The van der Waals surface area contributed by atoms with Gasteiger partial charge in [-0.25, -0.2) is 0 Å². The van der Waals surface area contributed by atoms with E-state index in [0.717, 1.165) is 56.6 Å². The van der Waals surface area contributed by atoms with Gasteiger partial charge in [-0.05, 0) is 67.7 Å². The highest BCUT2D eigenvalue weighted by Gasteiger charge is 2.55. The van der Waals surface area contributed by atoms with Crippen LogP contribution in [0.15, 0.2) is 18.2 Å². The Labute approximate surface area is 152 Å². The number of hydrogen-bond donors (Lipinski definition) is 2. The van der Waals surface area contributed by atoms with Gasteiger partial charge >= 0.3 is 0 Å². The summed E-state index contributed by atoms with van der Waals surface area (Å²) in [5, 5.41) is 11.7. The molecule has 3 nitrogen and oxygen atoms in total. The molecule has 3 N–H and O–H groups in total. The maximum Gasteiger partial charge on any atom is 0.119 e. The Morgan fingerprint density at radius 3 is 2.72 bits per heavy atom. The van der Waals surface area contributed by atoms with Gasteiger partial charge in [0.15, 0.2) is 0 Å². The van der Waals surface area contributed by atoms with Crippen LogP contribution in [-0.2, 0) is 11.8 Å². The van der Waals surface area contributed by atoms with Crippen molar-refractivity contribution < 1.29 is 9.84 Å². The average molecular weight is 344 g/mol. The van der Waals surface area contributed by atoms with E-state index in [1.165, 1.54) is 36.8 Å². The Balaban J connectivity index is 1.71. The maximum absolute atomic E-state index is 11.7. The smallest absolute Gasteiger partial charge is 0.119 e. The molecule has 0 saturated heterocycles. The van der Waals surface area contributed by atoms with Crippen LogP contribution in [0.25, 0.3) is 0 Å². The first-order chi connectivity index (χ1) is 12.1. The Morgan fingerprint density at radius 1 is 1.20 bits per heavy atom. The Morgan fingerprint density at radius 2 is 2.00 bits per heavy atom. The van der Waals surface area contributed by atoms with E-state index in [2.05, 4.69) is 18.2 Å². The summed E-state index contributed by atoms with van der Waals surface area (Å²) in [5.74, 6) is 1.72. The summed E-state index contributed by atoms with van der Waals surface area (Å²) < 4.78 is 5.52. The number of methoxy groups -OCH3 is 1. The highest BCUT2D eigenvalue weighted by Crippen LogP contribution is 2.56. The largest absolute Gasteiger partial charge is 0.497 e. The predicted molar refractivity (Wildman–Crippen MR) is 101 cm³/mol. The minimum atomic E-state index is -0.595. The molecule has 0 heterocycles. The Kier molecular flexibility index (Phi) is 4.57. The minimum absolute atomic E-state index is 0.184. The summed E-state index contributed by atoms with van der Waals surface area (Å²) >= 11 is 0. The average Bonchev–Trinajstić information content (AvgIpc) is 2.58. The van der Waals surface area contributed by atoms with Gasteiger partial charge in [0.05, 0.1) is 12.7 Å². The standard InChI is InChI=1S/C22H33NO2/c1-25-19-8-7-17-9-12-22(24)11-3-2-10-21(22,20(17)14-19)15-18(23)13-16-5-4-6-16/h7-8,14,16,18,24H,2-6,9-13,15,23H2,1H3. The maximum atomic E-state index is 11.7. The number of nitrogens with two attached hydrogens (primary N) is 1. The van der Waals surface area contributed by atoms with Crippen molar-refractivity contribution in [1.82, 2.24) is 0 Å². The number of ether oxygens (including phenoxy) is 1. The lowest BCUT2D eigenvalue weighted by molar-refractivity contribution is -0.0902. The van der Waals surface area contributed by atoms with Crippen molar-refractivity contribution >= 4 is 0 Å². The molecule has 0 radical (unpaired) electrons. The summed E-state index contributed by atoms with van der Waals surface area (Å²) in [6, 6.07) is 6.66. The fraction of sp³-hybridized carbons (Fsp3) is 0.727. The van der Waals surface area contributed by atoms with E-state index in [1.807, 2.05) is 0 Å². The number of benzene rings is 1. The molecule has 2 saturated carbocycles. The van der Waals surface area contributed by atoms with Crippen LogP contribution < -0.4 is 10.5 Å². The third-order valence-corrected chi connectivity index (χ3v) is 7.45. The van der Waals surface area contributed by atoms with E-state index in [9.17, 15) is 5.11 Å². The summed E-state index contributed by atoms with van der Waals surface area (Å²) in [7, 11) is 1.73. The normalized spacial score (nSPS) is 33.1. The van der Waals surface area contributed by atoms with Crippen LogP contribution in [0.2, 0.25) is 0 Å². The van der Waals surface area contributed by atoms with Crippen LogP contribution in [0.3, 0.4) is 0 Å². The lowest BCUT2D eigenvalue weighted by atomic mass is 9.52. The first-order valence-corrected chi connectivity index (χ1v) is 10.2. The Hall–Kier alpha value is -1.06.